The van der Waals surface area contributed by atoms with E-state index in [9.17, 15) is 27.6 Å². The van der Waals surface area contributed by atoms with Crippen molar-refractivity contribution in [3.63, 3.8) is 0 Å². The molecule has 1 unspecified atom stereocenters. The van der Waals surface area contributed by atoms with Crippen LogP contribution >= 0.6 is 11.6 Å². The molecule has 12 heteroatoms. The molecule has 2 rings (SSSR count). The summed E-state index contributed by atoms with van der Waals surface area (Å²) >= 11 is 5.95. The molecule has 3 atom stereocenters. The first-order valence-corrected chi connectivity index (χ1v) is 11.1. The van der Waals surface area contributed by atoms with Crippen molar-refractivity contribution in [2.24, 2.45) is 11.7 Å². The molecular formula is C22H29ClF3N3O5. The first kappa shape index (κ1) is 27.9. The SMILES string of the molecule is COC[C@H](N)C(=O)N[C@@]1(Cc2ccc(Cl)cc2)CCCN(C(=O)C(CC(=O)O)CC(F)(F)F)C1. The number of benzene rings is 1. The lowest BCUT2D eigenvalue weighted by Gasteiger charge is -2.45. The number of nitrogens with one attached hydrogen (secondary N) is 1. The summed E-state index contributed by atoms with van der Waals surface area (Å²) in [6, 6.07) is 5.86. The zero-order valence-corrected chi connectivity index (χ0v) is 19.5. The number of aliphatic carboxylic acids is 1. The Kier molecular flexibility index (Phi) is 9.72. The number of hydrogen-bond donors (Lipinski definition) is 3. The third-order valence-corrected chi connectivity index (χ3v) is 5.92. The fourth-order valence-corrected chi connectivity index (χ4v) is 4.33. The van der Waals surface area contributed by atoms with Gasteiger partial charge >= 0.3 is 12.1 Å². The Morgan fingerprint density at radius 2 is 1.94 bits per heavy atom. The summed E-state index contributed by atoms with van der Waals surface area (Å²) in [5.74, 6) is -4.68. The van der Waals surface area contributed by atoms with Gasteiger partial charge in [0.05, 0.1) is 30.9 Å². The van der Waals surface area contributed by atoms with E-state index in [1.165, 1.54) is 12.0 Å². The molecule has 1 saturated heterocycles. The maximum Gasteiger partial charge on any atom is 0.389 e. The van der Waals surface area contributed by atoms with Crippen LogP contribution in [0.15, 0.2) is 24.3 Å². The highest BCUT2D eigenvalue weighted by atomic mass is 35.5. The Hall–Kier alpha value is -2.37. The minimum absolute atomic E-state index is 0.0439. The summed E-state index contributed by atoms with van der Waals surface area (Å²) in [4.78, 5) is 38.1. The van der Waals surface area contributed by atoms with Gasteiger partial charge < -0.3 is 25.8 Å². The number of piperidine rings is 1. The smallest absolute Gasteiger partial charge is 0.389 e. The molecule has 0 spiro atoms. The third-order valence-electron chi connectivity index (χ3n) is 5.66. The Morgan fingerprint density at radius 1 is 1.29 bits per heavy atom. The predicted octanol–water partition coefficient (Wildman–Crippen LogP) is 2.38. The Labute approximate surface area is 200 Å². The highest BCUT2D eigenvalue weighted by Crippen LogP contribution is 2.31. The summed E-state index contributed by atoms with van der Waals surface area (Å²) in [5.41, 5.74) is 5.63. The molecule has 4 N–H and O–H groups in total. The Balaban J connectivity index is 2.32. The Bertz CT molecular complexity index is 868. The number of carboxylic acid groups (broad SMARTS) is 1. The molecule has 2 amide bonds. The second-order valence-corrected chi connectivity index (χ2v) is 9.05. The van der Waals surface area contributed by atoms with Crippen LogP contribution in [0.5, 0.6) is 0 Å². The first-order valence-electron chi connectivity index (χ1n) is 10.7. The van der Waals surface area contributed by atoms with E-state index in [1.807, 2.05) is 0 Å². The van der Waals surface area contributed by atoms with E-state index in [-0.39, 0.29) is 26.1 Å². The van der Waals surface area contributed by atoms with Gasteiger partial charge in [0.15, 0.2) is 0 Å². The van der Waals surface area contributed by atoms with Gasteiger partial charge in [-0.15, -0.1) is 0 Å². The number of rotatable bonds is 10. The molecule has 8 nitrogen and oxygen atoms in total. The average molecular weight is 508 g/mol. The predicted molar refractivity (Wildman–Crippen MR) is 118 cm³/mol. The summed E-state index contributed by atoms with van der Waals surface area (Å²) in [6.07, 6.45) is -6.08. The van der Waals surface area contributed by atoms with E-state index in [2.05, 4.69) is 5.32 Å². The third kappa shape index (κ3) is 8.44. The summed E-state index contributed by atoms with van der Waals surface area (Å²) < 4.78 is 44.0. The van der Waals surface area contributed by atoms with Crippen molar-refractivity contribution in [3.8, 4) is 0 Å². The van der Waals surface area contributed by atoms with Crippen LogP contribution in [0.25, 0.3) is 0 Å². The van der Waals surface area contributed by atoms with Crippen molar-refractivity contribution in [2.75, 3.05) is 26.8 Å². The fourth-order valence-electron chi connectivity index (χ4n) is 4.21. The van der Waals surface area contributed by atoms with E-state index in [0.717, 1.165) is 5.56 Å². The molecule has 0 aliphatic carbocycles. The number of likely N-dealkylation sites (tertiary alicyclic amines) is 1. The molecule has 1 aromatic carbocycles. The number of hydrogen-bond acceptors (Lipinski definition) is 5. The fraction of sp³-hybridized carbons (Fsp3) is 0.591. The summed E-state index contributed by atoms with van der Waals surface area (Å²) in [5, 5.41) is 12.4. The van der Waals surface area contributed by atoms with Gasteiger partial charge in [0, 0.05) is 25.2 Å². The highest BCUT2D eigenvalue weighted by Gasteiger charge is 2.43. The minimum atomic E-state index is -4.70. The first-order chi connectivity index (χ1) is 15.8. The van der Waals surface area contributed by atoms with Crippen LogP contribution in [0.2, 0.25) is 5.02 Å². The van der Waals surface area contributed by atoms with Gasteiger partial charge in [-0.05, 0) is 37.0 Å². The standard InChI is InChI=1S/C22H29ClF3N3O5/c1-34-12-17(27)19(32)28-21(10-14-3-5-16(23)6-4-14)7-2-8-29(13-21)20(33)15(9-18(30)31)11-22(24,25)26/h3-6,15,17H,2,7-13,27H2,1H3,(H,28,32)(H,30,31)/t15?,17-,21+/m0/s1. The second-order valence-electron chi connectivity index (χ2n) is 8.61. The molecule has 0 bridgehead atoms. The quantitative estimate of drug-likeness (QED) is 0.447. The van der Waals surface area contributed by atoms with Crippen molar-refractivity contribution in [3.05, 3.63) is 34.9 Å². The van der Waals surface area contributed by atoms with Crippen LogP contribution in [-0.2, 0) is 25.5 Å². The number of ether oxygens (including phenoxy) is 1. The lowest BCUT2D eigenvalue weighted by atomic mass is 9.82. The van der Waals surface area contributed by atoms with Crippen molar-refractivity contribution < 1.29 is 37.4 Å². The molecule has 1 aliphatic heterocycles. The molecule has 0 radical (unpaired) electrons. The van der Waals surface area contributed by atoms with Gasteiger partial charge in [-0.1, -0.05) is 23.7 Å². The van der Waals surface area contributed by atoms with Crippen molar-refractivity contribution in [1.82, 2.24) is 10.2 Å². The molecule has 1 aromatic rings. The lowest BCUT2D eigenvalue weighted by Crippen LogP contribution is -2.64. The zero-order chi connectivity index (χ0) is 25.5. The van der Waals surface area contributed by atoms with Gasteiger partial charge in [0.25, 0.3) is 0 Å². The summed E-state index contributed by atoms with van der Waals surface area (Å²) in [7, 11) is 1.39. The second kappa shape index (κ2) is 11.9. The highest BCUT2D eigenvalue weighted by molar-refractivity contribution is 6.30. The van der Waals surface area contributed by atoms with Crippen LogP contribution < -0.4 is 11.1 Å². The van der Waals surface area contributed by atoms with Gasteiger partial charge in [-0.25, -0.2) is 0 Å². The maximum atomic E-state index is 13.0. The van der Waals surface area contributed by atoms with Crippen LogP contribution in [0.3, 0.4) is 0 Å². The van der Waals surface area contributed by atoms with E-state index in [4.69, 9.17) is 27.2 Å². The van der Waals surface area contributed by atoms with E-state index in [0.29, 0.717) is 17.9 Å². The normalized spacial score (nSPS) is 20.5. The lowest BCUT2D eigenvalue weighted by molar-refractivity contribution is -0.164. The van der Waals surface area contributed by atoms with Crippen LogP contribution in [-0.4, -0.2) is 72.4 Å². The van der Waals surface area contributed by atoms with Crippen LogP contribution in [0, 0.1) is 5.92 Å². The monoisotopic (exact) mass is 507 g/mol. The zero-order valence-electron chi connectivity index (χ0n) is 18.7. The molecule has 1 fully saturated rings. The van der Waals surface area contributed by atoms with Gasteiger partial charge in [-0.3, -0.25) is 14.4 Å². The molecule has 1 aliphatic rings. The van der Waals surface area contributed by atoms with Gasteiger partial charge in [0.2, 0.25) is 11.8 Å². The molecular weight excluding hydrogens is 479 g/mol. The van der Waals surface area contributed by atoms with Gasteiger partial charge in [-0.2, -0.15) is 13.2 Å². The number of carboxylic acids is 1. The molecule has 0 aromatic heterocycles. The molecule has 34 heavy (non-hydrogen) atoms. The molecule has 1 heterocycles. The topological polar surface area (TPSA) is 122 Å². The number of carbonyl (C=O) groups is 3. The minimum Gasteiger partial charge on any atom is -0.481 e. The van der Waals surface area contributed by atoms with E-state index >= 15 is 0 Å². The number of nitrogens with zero attached hydrogens (tertiary/aromatic N) is 1. The number of carbonyl (C=O) groups excluding carboxylic acids is 2. The van der Waals surface area contributed by atoms with Crippen molar-refractivity contribution in [1.29, 1.82) is 0 Å². The average Bonchev–Trinajstić information content (AvgIpc) is 2.73. The number of methoxy groups -OCH3 is 1. The molecule has 0 saturated carbocycles. The van der Waals surface area contributed by atoms with E-state index < -0.39 is 54.3 Å². The van der Waals surface area contributed by atoms with Crippen molar-refractivity contribution >= 4 is 29.4 Å². The Morgan fingerprint density at radius 3 is 2.50 bits per heavy atom. The van der Waals surface area contributed by atoms with Crippen LogP contribution in [0.4, 0.5) is 13.2 Å². The number of halogens is 4. The largest absolute Gasteiger partial charge is 0.481 e. The van der Waals surface area contributed by atoms with E-state index in [1.54, 1.807) is 24.3 Å². The van der Waals surface area contributed by atoms with Crippen molar-refractivity contribution in [2.45, 2.75) is 49.9 Å². The number of alkyl halides is 3. The molecule has 190 valence electrons. The van der Waals surface area contributed by atoms with Gasteiger partial charge in [0.1, 0.15) is 6.04 Å². The number of nitrogens with two attached hydrogens (primary N) is 1. The summed E-state index contributed by atoms with van der Waals surface area (Å²) in [6.45, 7) is 0.0147. The van der Waals surface area contributed by atoms with Crippen LogP contribution in [0.1, 0.15) is 31.2 Å². The number of amides is 2. The maximum absolute atomic E-state index is 13.0.